The van der Waals surface area contributed by atoms with Crippen LogP contribution in [0.5, 0.6) is 5.75 Å². The van der Waals surface area contributed by atoms with Crippen molar-refractivity contribution in [2.24, 2.45) is 0 Å². The first kappa shape index (κ1) is 31.1. The molecule has 1 aliphatic rings. The quantitative estimate of drug-likeness (QED) is 0.171. The number of ether oxygens (including phenoxy) is 1. The van der Waals surface area contributed by atoms with Gasteiger partial charge in [-0.05, 0) is 125 Å². The highest BCUT2D eigenvalue weighted by molar-refractivity contribution is 6.32. The van der Waals surface area contributed by atoms with Crippen LogP contribution in [0, 0.1) is 13.8 Å². The molecule has 0 radical (unpaired) electrons. The third-order valence-electron chi connectivity index (χ3n) is 7.33. The third-order valence-corrected chi connectivity index (χ3v) is 7.95. The van der Waals surface area contributed by atoms with Crippen molar-refractivity contribution < 1.29 is 4.74 Å². The van der Waals surface area contributed by atoms with Crippen molar-refractivity contribution in [3.8, 4) is 5.75 Å². The zero-order chi connectivity index (χ0) is 28.4. The molecule has 0 bridgehead atoms. The van der Waals surface area contributed by atoms with Gasteiger partial charge in [0.15, 0.2) is 0 Å². The monoisotopic (exact) mass is 565 g/mol. The first-order valence-corrected chi connectivity index (χ1v) is 15.1. The summed E-state index contributed by atoms with van der Waals surface area (Å²) in [4.78, 5) is 0. The maximum atomic E-state index is 6.73. The van der Waals surface area contributed by atoms with Gasteiger partial charge >= 0.3 is 0 Å². The van der Waals surface area contributed by atoms with Crippen LogP contribution in [0.4, 0.5) is 5.69 Å². The average molecular weight is 567 g/mol. The van der Waals surface area contributed by atoms with Crippen LogP contribution in [0.25, 0.3) is 0 Å². The fraction of sp³-hybridized carbons (Fsp3) is 0.429. The van der Waals surface area contributed by atoms with Gasteiger partial charge in [-0.3, -0.25) is 0 Å². The Morgan fingerprint density at radius 2 is 1.64 bits per heavy atom. The molecule has 0 fully saturated rings. The molecule has 0 aromatic heterocycles. The Balaban J connectivity index is 1.40. The highest BCUT2D eigenvalue weighted by Crippen LogP contribution is 2.32. The Kier molecular flexibility index (Phi) is 12.3. The van der Waals surface area contributed by atoms with E-state index in [2.05, 4.69) is 76.5 Å². The molecule has 0 amide bonds. The number of allylic oxidation sites excluding steroid dienone is 5. The fourth-order valence-electron chi connectivity index (χ4n) is 5.14. The predicted molar refractivity (Wildman–Crippen MR) is 172 cm³/mol. The van der Waals surface area contributed by atoms with Crippen molar-refractivity contribution in [3.63, 3.8) is 0 Å². The molecule has 1 N–H and O–H groups in total. The number of aryl methyl sites for hydroxylation is 3. The maximum Gasteiger partial charge on any atom is 0.140 e. The van der Waals surface area contributed by atoms with E-state index in [0.29, 0.717) is 11.6 Å². The highest BCUT2D eigenvalue weighted by atomic mass is 35.5. The minimum absolute atomic E-state index is 0.698. The van der Waals surface area contributed by atoms with Crippen LogP contribution in [-0.4, -0.2) is 6.61 Å². The summed E-state index contributed by atoms with van der Waals surface area (Å²) in [5.41, 5.74) is 10.6. The van der Waals surface area contributed by atoms with Crippen molar-refractivity contribution in [1.29, 1.82) is 0 Å². The van der Waals surface area contributed by atoms with E-state index in [-0.39, 0.29) is 0 Å². The number of halogens is 2. The lowest BCUT2D eigenvalue weighted by Gasteiger charge is -2.19. The Labute approximate surface area is 246 Å². The smallest absolute Gasteiger partial charge is 0.140 e. The summed E-state index contributed by atoms with van der Waals surface area (Å²) in [5, 5.41) is 5.13. The molecule has 1 aliphatic carbocycles. The minimum atomic E-state index is 0.698. The summed E-state index contributed by atoms with van der Waals surface area (Å²) in [5.74, 6) is 0.824. The van der Waals surface area contributed by atoms with Crippen molar-refractivity contribution in [3.05, 3.63) is 104 Å². The zero-order valence-electron chi connectivity index (χ0n) is 24.3. The highest BCUT2D eigenvalue weighted by Gasteiger charge is 2.12. The maximum absolute atomic E-state index is 6.73. The van der Waals surface area contributed by atoms with Crippen LogP contribution in [0.15, 0.2) is 72.0 Å². The topological polar surface area (TPSA) is 21.3 Å². The van der Waals surface area contributed by atoms with Crippen LogP contribution in [0.3, 0.4) is 0 Å². The molecule has 2 nitrogen and oxygen atoms in total. The lowest BCUT2D eigenvalue weighted by atomic mass is 9.96. The van der Waals surface area contributed by atoms with E-state index in [0.717, 1.165) is 84.7 Å². The van der Waals surface area contributed by atoms with Gasteiger partial charge in [0.2, 0.25) is 0 Å². The molecular weight excluding hydrogens is 521 g/mol. The van der Waals surface area contributed by atoms with Crippen LogP contribution in [0.1, 0.15) is 87.5 Å². The summed E-state index contributed by atoms with van der Waals surface area (Å²) >= 11 is 13.3. The van der Waals surface area contributed by atoms with Crippen molar-refractivity contribution in [1.82, 2.24) is 0 Å². The molecule has 0 saturated heterocycles. The van der Waals surface area contributed by atoms with Gasteiger partial charge in [-0.25, -0.2) is 0 Å². The first-order valence-electron chi connectivity index (χ1n) is 14.3. The third kappa shape index (κ3) is 9.62. The second kappa shape index (κ2) is 15.4. The summed E-state index contributed by atoms with van der Waals surface area (Å²) < 4.78 is 6.06. The number of hydrogen-bond donors (Lipinski definition) is 1. The number of unbranched alkanes of at least 4 members (excludes halogenated alkanes) is 4. The molecule has 0 unspecified atom stereocenters. The van der Waals surface area contributed by atoms with Crippen LogP contribution in [0.2, 0.25) is 10.0 Å². The number of hydrogen-bond acceptors (Lipinski definition) is 2. The normalized spacial score (nSPS) is 13.1. The second-order valence-electron chi connectivity index (χ2n) is 11.0. The van der Waals surface area contributed by atoms with E-state index in [1.54, 1.807) is 0 Å². The Hall–Kier alpha value is -2.42. The molecule has 39 heavy (non-hydrogen) atoms. The minimum Gasteiger partial charge on any atom is -0.492 e. The summed E-state index contributed by atoms with van der Waals surface area (Å²) in [6.45, 7) is 17.2. The van der Waals surface area contributed by atoms with Crippen molar-refractivity contribution >= 4 is 28.9 Å². The van der Waals surface area contributed by atoms with E-state index < -0.39 is 0 Å². The van der Waals surface area contributed by atoms with E-state index in [1.165, 1.54) is 40.7 Å². The van der Waals surface area contributed by atoms with Crippen molar-refractivity contribution in [2.45, 2.75) is 91.9 Å². The van der Waals surface area contributed by atoms with Gasteiger partial charge in [0.05, 0.1) is 11.6 Å². The Morgan fingerprint density at radius 1 is 0.897 bits per heavy atom. The molecule has 0 spiro atoms. The van der Waals surface area contributed by atoms with Gasteiger partial charge < -0.3 is 10.1 Å². The molecule has 2 aromatic carbocycles. The summed E-state index contributed by atoms with van der Waals surface area (Å²) in [6.07, 6.45) is 15.1. The number of anilines is 1. The van der Waals surface area contributed by atoms with Gasteiger partial charge in [-0.1, -0.05) is 72.3 Å². The van der Waals surface area contributed by atoms with Crippen LogP contribution in [-0.2, 0) is 12.8 Å². The van der Waals surface area contributed by atoms with E-state index >= 15 is 0 Å². The molecular formula is C35H45Cl2NO. The van der Waals surface area contributed by atoms with Gasteiger partial charge in [-0.2, -0.15) is 0 Å². The Bertz CT molecular complexity index is 1190. The largest absolute Gasteiger partial charge is 0.492 e. The SMILES string of the molecule is C=C(C)CCc1cc(C)c(OCCCCCCCc2c(C)cc(NC3=C(C(=C)C)CCC=C3)cc2Cl)c(Cl)c1. The number of nitrogens with one attached hydrogen (secondary N) is 1. The second-order valence-corrected chi connectivity index (χ2v) is 11.9. The average Bonchev–Trinajstić information content (AvgIpc) is 2.87. The Morgan fingerprint density at radius 3 is 2.33 bits per heavy atom. The number of benzene rings is 2. The van der Waals surface area contributed by atoms with Gasteiger partial charge in [-0.15, -0.1) is 6.58 Å². The summed E-state index contributed by atoms with van der Waals surface area (Å²) in [7, 11) is 0. The molecule has 0 saturated carbocycles. The predicted octanol–water partition coefficient (Wildman–Crippen LogP) is 11.3. The molecule has 0 heterocycles. The fourth-order valence-corrected chi connectivity index (χ4v) is 5.84. The van der Waals surface area contributed by atoms with E-state index in [9.17, 15) is 0 Å². The molecule has 210 valence electrons. The molecule has 4 heteroatoms. The number of rotatable bonds is 15. The van der Waals surface area contributed by atoms with Crippen LogP contribution >= 0.6 is 23.2 Å². The molecule has 0 aliphatic heterocycles. The molecule has 2 aromatic rings. The van der Waals surface area contributed by atoms with E-state index in [4.69, 9.17) is 27.9 Å². The lowest BCUT2D eigenvalue weighted by molar-refractivity contribution is 0.302. The summed E-state index contributed by atoms with van der Waals surface area (Å²) in [6, 6.07) is 8.49. The zero-order valence-corrected chi connectivity index (χ0v) is 25.8. The first-order chi connectivity index (χ1) is 18.7. The molecule has 3 rings (SSSR count). The van der Waals surface area contributed by atoms with E-state index in [1.807, 2.05) is 6.07 Å². The standard InChI is InChI=1S/C35H45Cl2NO/c1-24(2)17-18-28-20-27(6)35(33(37)22-28)39-19-13-9-7-8-10-15-31-26(5)21-29(23-32(31)36)38-34-16-12-11-14-30(34)25(3)4/h12,16,20-23,38H,1,3,7-11,13-15,17-19H2,2,4-6H3. The lowest BCUT2D eigenvalue weighted by Crippen LogP contribution is -2.06. The van der Waals surface area contributed by atoms with Crippen LogP contribution < -0.4 is 10.1 Å². The van der Waals surface area contributed by atoms with Gasteiger partial charge in [0, 0.05) is 16.4 Å². The van der Waals surface area contributed by atoms with Crippen molar-refractivity contribution in [2.75, 3.05) is 11.9 Å². The van der Waals surface area contributed by atoms with Gasteiger partial charge in [0.25, 0.3) is 0 Å². The van der Waals surface area contributed by atoms with Gasteiger partial charge in [0.1, 0.15) is 5.75 Å². The molecule has 0 atom stereocenters.